The van der Waals surface area contributed by atoms with E-state index in [-0.39, 0.29) is 34.1 Å². The highest BCUT2D eigenvalue weighted by molar-refractivity contribution is 7.89. The molecule has 0 saturated carbocycles. The average Bonchev–Trinajstić information content (AvgIpc) is 3.15. The van der Waals surface area contributed by atoms with Crippen molar-refractivity contribution in [2.45, 2.75) is 32.2 Å². The van der Waals surface area contributed by atoms with Gasteiger partial charge in [-0.3, -0.25) is 14.9 Å². The zero-order valence-corrected chi connectivity index (χ0v) is 22.0. The summed E-state index contributed by atoms with van der Waals surface area (Å²) >= 11 is 1.19. The van der Waals surface area contributed by atoms with Crippen LogP contribution in [0.4, 0.5) is 9.80 Å². The number of carbonyl (C=O) groups is 3. The van der Waals surface area contributed by atoms with Crippen molar-refractivity contribution < 1.29 is 27.5 Å². The number of hydrogen-bond donors (Lipinski definition) is 2. The molecule has 3 aromatic rings. The van der Waals surface area contributed by atoms with Gasteiger partial charge in [-0.25, -0.2) is 13.2 Å². The fourth-order valence-electron chi connectivity index (χ4n) is 3.45. The summed E-state index contributed by atoms with van der Waals surface area (Å²) in [5.74, 6) is -1.22. The van der Waals surface area contributed by atoms with Gasteiger partial charge in [-0.05, 0) is 49.2 Å². The van der Waals surface area contributed by atoms with Crippen LogP contribution in [-0.2, 0) is 21.3 Å². The number of imide groups is 1. The van der Waals surface area contributed by atoms with Crippen molar-refractivity contribution in [2.24, 2.45) is 0 Å². The molecule has 0 saturated heterocycles. The number of aryl methyl sites for hydroxylation is 1. The first-order valence-electron chi connectivity index (χ1n) is 11.0. The van der Waals surface area contributed by atoms with Crippen LogP contribution in [0.15, 0.2) is 59.5 Å². The first-order chi connectivity index (χ1) is 17.1. The lowest BCUT2D eigenvalue weighted by molar-refractivity contribution is 0.0937. The zero-order chi connectivity index (χ0) is 26.5. The van der Waals surface area contributed by atoms with Crippen LogP contribution in [0.1, 0.15) is 43.6 Å². The van der Waals surface area contributed by atoms with E-state index in [1.165, 1.54) is 39.9 Å². The summed E-state index contributed by atoms with van der Waals surface area (Å²) in [5, 5.41) is 5.06. The number of hydrogen-bond acceptors (Lipinski definition) is 7. The Balaban J connectivity index is 1.79. The summed E-state index contributed by atoms with van der Waals surface area (Å²) < 4.78 is 32.1. The van der Waals surface area contributed by atoms with Gasteiger partial charge in [0.1, 0.15) is 5.00 Å². The van der Waals surface area contributed by atoms with Crippen LogP contribution in [0.2, 0.25) is 0 Å². The Morgan fingerprint density at radius 2 is 1.61 bits per heavy atom. The summed E-state index contributed by atoms with van der Waals surface area (Å²) in [6, 6.07) is 14.9. The second-order valence-electron chi connectivity index (χ2n) is 7.83. The summed E-state index contributed by atoms with van der Waals surface area (Å²) in [6.45, 7) is 5.78. The van der Waals surface area contributed by atoms with Crippen LogP contribution in [0, 0.1) is 13.8 Å². The zero-order valence-electron chi connectivity index (χ0n) is 20.3. The number of amides is 3. The molecule has 2 N–H and O–H groups in total. The Kier molecular flexibility index (Phi) is 8.62. The second-order valence-corrected chi connectivity index (χ2v) is 11.0. The van der Waals surface area contributed by atoms with Gasteiger partial charge in [-0.1, -0.05) is 37.3 Å². The third-order valence-corrected chi connectivity index (χ3v) is 8.61. The lowest BCUT2D eigenvalue weighted by Gasteiger charge is -2.20. The maximum atomic E-state index is 13.2. The Labute approximate surface area is 214 Å². The molecule has 0 bridgehead atoms. The minimum atomic E-state index is -3.78. The molecule has 1 heterocycles. The van der Waals surface area contributed by atoms with E-state index in [1.54, 1.807) is 20.8 Å². The molecule has 3 rings (SSSR count). The van der Waals surface area contributed by atoms with Crippen LogP contribution in [-0.4, -0.2) is 44.3 Å². The Morgan fingerprint density at radius 1 is 0.972 bits per heavy atom. The minimum Gasteiger partial charge on any atom is -0.453 e. The minimum absolute atomic E-state index is 0.0674. The maximum Gasteiger partial charge on any atom is 0.413 e. The number of rotatable bonds is 8. The van der Waals surface area contributed by atoms with E-state index in [0.29, 0.717) is 5.56 Å². The van der Waals surface area contributed by atoms with E-state index in [4.69, 9.17) is 0 Å². The highest BCUT2D eigenvalue weighted by Crippen LogP contribution is 2.33. The Hall–Kier alpha value is -3.54. The van der Waals surface area contributed by atoms with Gasteiger partial charge < -0.3 is 10.1 Å². The van der Waals surface area contributed by atoms with Crippen LogP contribution >= 0.6 is 11.3 Å². The van der Waals surface area contributed by atoms with E-state index < -0.39 is 27.9 Å². The smallest absolute Gasteiger partial charge is 0.413 e. The topological polar surface area (TPSA) is 122 Å². The van der Waals surface area contributed by atoms with Crippen molar-refractivity contribution in [3.05, 3.63) is 81.7 Å². The quantitative estimate of drug-likeness (QED) is 0.448. The molecule has 0 atom stereocenters. The van der Waals surface area contributed by atoms with E-state index in [1.807, 2.05) is 30.3 Å². The summed E-state index contributed by atoms with van der Waals surface area (Å²) in [7, 11) is -2.64. The monoisotopic (exact) mass is 529 g/mol. The number of benzene rings is 2. The second kappa shape index (κ2) is 11.5. The largest absolute Gasteiger partial charge is 0.453 e. The molecule has 1 aromatic heterocycles. The molecule has 0 aliphatic heterocycles. The average molecular weight is 530 g/mol. The molecule has 0 unspecified atom stereocenters. The molecule has 0 spiro atoms. The van der Waals surface area contributed by atoms with Crippen LogP contribution in [0.25, 0.3) is 0 Å². The van der Waals surface area contributed by atoms with Crippen molar-refractivity contribution in [3.8, 4) is 0 Å². The Bertz CT molecular complexity index is 1370. The Morgan fingerprint density at radius 3 is 2.19 bits per heavy atom. The molecule has 190 valence electrons. The van der Waals surface area contributed by atoms with Crippen molar-refractivity contribution in [2.75, 3.05) is 19.0 Å². The summed E-state index contributed by atoms with van der Waals surface area (Å²) in [4.78, 5) is 37.8. The number of nitrogens with one attached hydrogen (secondary N) is 2. The first kappa shape index (κ1) is 27.1. The van der Waals surface area contributed by atoms with Crippen LogP contribution in [0.3, 0.4) is 0 Å². The molecule has 0 fully saturated rings. The highest BCUT2D eigenvalue weighted by Gasteiger charge is 2.25. The van der Waals surface area contributed by atoms with Gasteiger partial charge in [0.15, 0.2) is 0 Å². The highest BCUT2D eigenvalue weighted by atomic mass is 32.2. The fourth-order valence-corrected chi connectivity index (χ4v) is 5.94. The molecule has 3 amide bonds. The number of carbonyl (C=O) groups excluding carboxylic acids is 3. The maximum absolute atomic E-state index is 13.2. The standard InChI is InChI=1S/C25H27N3O6S2/c1-5-28(15-18-9-7-6-8-10-18)36(32,33)20-13-11-19(12-14-20)22(29)26-24-21(16(2)17(3)35-24)23(30)27-25(31)34-4/h6-14H,5,15H2,1-4H3,(H,26,29)(H,27,30,31). The molecule has 36 heavy (non-hydrogen) atoms. The lowest BCUT2D eigenvalue weighted by atomic mass is 10.1. The summed E-state index contributed by atoms with van der Waals surface area (Å²) in [5.41, 5.74) is 1.86. The fraction of sp³-hybridized carbons (Fsp3) is 0.240. The van der Waals surface area contributed by atoms with E-state index in [0.717, 1.165) is 17.6 Å². The molecular formula is C25H27N3O6S2. The van der Waals surface area contributed by atoms with Crippen molar-refractivity contribution >= 4 is 44.3 Å². The predicted octanol–water partition coefficient (Wildman–Crippen LogP) is 4.32. The van der Waals surface area contributed by atoms with Gasteiger partial charge in [-0.2, -0.15) is 4.31 Å². The van der Waals surface area contributed by atoms with Gasteiger partial charge in [0.05, 0.1) is 17.6 Å². The lowest BCUT2D eigenvalue weighted by Crippen LogP contribution is -2.31. The van der Waals surface area contributed by atoms with Crippen molar-refractivity contribution in [1.29, 1.82) is 0 Å². The number of thiophene rings is 1. The van der Waals surface area contributed by atoms with Gasteiger partial charge in [0.25, 0.3) is 11.8 Å². The van der Waals surface area contributed by atoms with Crippen LogP contribution in [0.5, 0.6) is 0 Å². The number of alkyl carbamates (subject to hydrolysis) is 1. The number of ether oxygens (including phenoxy) is 1. The van der Waals surface area contributed by atoms with Gasteiger partial charge in [0, 0.05) is 23.5 Å². The van der Waals surface area contributed by atoms with Crippen LogP contribution < -0.4 is 10.6 Å². The SMILES string of the molecule is CCN(Cc1ccccc1)S(=O)(=O)c1ccc(C(=O)Nc2sc(C)c(C)c2C(=O)NC(=O)OC)cc1. The van der Waals surface area contributed by atoms with E-state index in [9.17, 15) is 22.8 Å². The number of nitrogens with zero attached hydrogens (tertiary/aromatic N) is 1. The van der Waals surface area contributed by atoms with E-state index >= 15 is 0 Å². The third-order valence-electron chi connectivity index (χ3n) is 5.55. The number of methoxy groups -OCH3 is 1. The molecule has 0 radical (unpaired) electrons. The molecular weight excluding hydrogens is 502 g/mol. The molecule has 9 nitrogen and oxygen atoms in total. The number of sulfonamides is 1. The molecule has 2 aromatic carbocycles. The number of anilines is 1. The van der Waals surface area contributed by atoms with Gasteiger partial charge in [0.2, 0.25) is 10.0 Å². The van der Waals surface area contributed by atoms with E-state index in [2.05, 4.69) is 15.4 Å². The molecule has 0 aliphatic rings. The van der Waals surface area contributed by atoms with Crippen molar-refractivity contribution in [1.82, 2.24) is 9.62 Å². The first-order valence-corrected chi connectivity index (χ1v) is 13.3. The van der Waals surface area contributed by atoms with Crippen molar-refractivity contribution in [3.63, 3.8) is 0 Å². The van der Waals surface area contributed by atoms with Gasteiger partial charge >= 0.3 is 6.09 Å². The third kappa shape index (κ3) is 5.99. The normalized spacial score (nSPS) is 11.2. The molecule has 11 heteroatoms. The van der Waals surface area contributed by atoms with Gasteiger partial charge in [-0.15, -0.1) is 11.3 Å². The summed E-state index contributed by atoms with van der Waals surface area (Å²) in [6.07, 6.45) is -0.911. The molecule has 0 aliphatic carbocycles. The predicted molar refractivity (Wildman–Crippen MR) is 138 cm³/mol.